The van der Waals surface area contributed by atoms with Gasteiger partial charge < -0.3 is 9.88 Å². The molecule has 0 spiro atoms. The summed E-state index contributed by atoms with van der Waals surface area (Å²) >= 11 is 3.42. The third kappa shape index (κ3) is 2.36. The molecule has 0 saturated heterocycles. The number of carbonyl (C=O) groups excluding carboxylic acids is 1. The van der Waals surface area contributed by atoms with Gasteiger partial charge in [-0.2, -0.15) is 0 Å². The summed E-state index contributed by atoms with van der Waals surface area (Å²) in [4.78, 5) is 30.0. The quantitative estimate of drug-likeness (QED) is 0.694. The molecular weight excluding hydrogens is 368 g/mol. The van der Waals surface area contributed by atoms with Crippen LogP contribution in [0.15, 0.2) is 57.8 Å². The second kappa shape index (κ2) is 5.60. The zero-order chi connectivity index (χ0) is 16.8. The molecule has 120 valence electrons. The fraction of sp³-hybridized carbons (Fsp3) is 0.158. The molecule has 1 aromatic heterocycles. The number of amides is 1. The Kier molecular flexibility index (Phi) is 3.53. The monoisotopic (exact) mass is 382 g/mol. The van der Waals surface area contributed by atoms with Gasteiger partial charge in [0, 0.05) is 27.1 Å². The maximum absolute atomic E-state index is 13.1. The molecule has 0 saturated carbocycles. The lowest BCUT2D eigenvalue weighted by atomic mass is 10.1. The second-order valence-corrected chi connectivity index (χ2v) is 7.02. The van der Waals surface area contributed by atoms with Crippen molar-refractivity contribution in [2.45, 2.75) is 19.4 Å². The minimum Gasteiger partial charge on any atom is -0.321 e. The maximum atomic E-state index is 13.1. The lowest BCUT2D eigenvalue weighted by molar-refractivity contribution is 0.0980. The first-order valence-electron chi connectivity index (χ1n) is 7.78. The third-order valence-electron chi connectivity index (χ3n) is 4.46. The number of carbonyl (C=O) groups is 1. The van der Waals surface area contributed by atoms with Crippen LogP contribution in [-0.2, 0) is 6.42 Å². The topological polar surface area (TPSA) is 53.2 Å². The Morgan fingerprint density at radius 2 is 2.00 bits per heavy atom. The number of nitrogens with zero attached hydrogens (tertiary/aromatic N) is 1. The molecule has 1 unspecified atom stereocenters. The summed E-state index contributed by atoms with van der Waals surface area (Å²) in [6.07, 6.45) is 0.805. The van der Waals surface area contributed by atoms with Crippen LogP contribution in [0.3, 0.4) is 0 Å². The van der Waals surface area contributed by atoms with Gasteiger partial charge >= 0.3 is 0 Å². The first-order valence-corrected chi connectivity index (χ1v) is 8.58. The normalized spacial score (nSPS) is 16.4. The van der Waals surface area contributed by atoms with Gasteiger partial charge in [0.1, 0.15) is 5.56 Å². The number of para-hydroxylation sites is 1. The lowest BCUT2D eigenvalue weighted by Gasteiger charge is -2.22. The molecule has 2 heterocycles. The van der Waals surface area contributed by atoms with E-state index in [9.17, 15) is 9.59 Å². The van der Waals surface area contributed by atoms with E-state index in [0.717, 1.165) is 33.0 Å². The van der Waals surface area contributed by atoms with E-state index >= 15 is 0 Å². The first-order chi connectivity index (χ1) is 11.5. The highest BCUT2D eigenvalue weighted by Gasteiger charge is 2.32. The van der Waals surface area contributed by atoms with Gasteiger partial charge in [-0.1, -0.05) is 34.1 Å². The molecule has 24 heavy (non-hydrogen) atoms. The number of hydrogen-bond acceptors (Lipinski definition) is 2. The van der Waals surface area contributed by atoms with Gasteiger partial charge in [-0.25, -0.2) is 0 Å². The van der Waals surface area contributed by atoms with Gasteiger partial charge in [0.25, 0.3) is 11.5 Å². The van der Waals surface area contributed by atoms with E-state index in [0.29, 0.717) is 0 Å². The van der Waals surface area contributed by atoms with E-state index in [1.165, 1.54) is 0 Å². The van der Waals surface area contributed by atoms with Crippen molar-refractivity contribution in [2.75, 3.05) is 4.90 Å². The Bertz CT molecular complexity index is 1030. The number of H-pyrrole nitrogens is 1. The molecule has 4 nitrogen and oxygen atoms in total. The van der Waals surface area contributed by atoms with E-state index in [1.54, 1.807) is 11.0 Å². The molecule has 4 rings (SSSR count). The minimum atomic E-state index is -0.355. The highest BCUT2D eigenvalue weighted by atomic mass is 79.9. The Labute approximate surface area is 147 Å². The summed E-state index contributed by atoms with van der Waals surface area (Å²) < 4.78 is 0.903. The van der Waals surface area contributed by atoms with E-state index < -0.39 is 0 Å². The largest absolute Gasteiger partial charge is 0.321 e. The Hall–Kier alpha value is -2.40. The minimum absolute atomic E-state index is 0.0347. The van der Waals surface area contributed by atoms with Gasteiger partial charge in [0.2, 0.25) is 0 Å². The zero-order valence-electron chi connectivity index (χ0n) is 13.0. The molecular formula is C19H15BrN2O2. The number of pyridine rings is 1. The zero-order valence-corrected chi connectivity index (χ0v) is 14.6. The predicted molar refractivity (Wildman–Crippen MR) is 98.7 cm³/mol. The average molecular weight is 383 g/mol. The summed E-state index contributed by atoms with van der Waals surface area (Å²) in [5.74, 6) is -0.254. The summed E-state index contributed by atoms with van der Waals surface area (Å²) in [6.45, 7) is 2.00. The van der Waals surface area contributed by atoms with Crippen LogP contribution in [-0.4, -0.2) is 16.9 Å². The molecule has 1 aliphatic heterocycles. The lowest BCUT2D eigenvalue weighted by Crippen LogP contribution is -2.38. The Morgan fingerprint density at radius 1 is 1.21 bits per heavy atom. The van der Waals surface area contributed by atoms with Crippen LogP contribution in [0, 0.1) is 0 Å². The summed E-state index contributed by atoms with van der Waals surface area (Å²) in [5, 5.41) is 0.826. The van der Waals surface area contributed by atoms with Crippen LogP contribution in [0.25, 0.3) is 10.9 Å². The smallest absolute Gasteiger partial charge is 0.264 e. The van der Waals surface area contributed by atoms with Crippen LogP contribution in [0.1, 0.15) is 22.8 Å². The molecule has 0 bridgehead atoms. The molecule has 1 atom stereocenters. The maximum Gasteiger partial charge on any atom is 0.264 e. The number of nitrogens with one attached hydrogen (secondary N) is 1. The molecule has 0 fully saturated rings. The number of fused-ring (bicyclic) bond motifs is 2. The predicted octanol–water partition coefficient (Wildman–Crippen LogP) is 3.88. The van der Waals surface area contributed by atoms with E-state index in [2.05, 4.69) is 20.9 Å². The van der Waals surface area contributed by atoms with Crippen molar-refractivity contribution in [2.24, 2.45) is 0 Å². The Morgan fingerprint density at radius 3 is 2.83 bits per heavy atom. The van der Waals surface area contributed by atoms with Crippen LogP contribution in [0.2, 0.25) is 0 Å². The van der Waals surface area contributed by atoms with Crippen molar-refractivity contribution < 1.29 is 4.79 Å². The van der Waals surface area contributed by atoms with Crippen molar-refractivity contribution in [3.8, 4) is 0 Å². The van der Waals surface area contributed by atoms with E-state index in [1.807, 2.05) is 49.4 Å². The molecule has 5 heteroatoms. The molecule has 0 radical (unpaired) electrons. The first kappa shape index (κ1) is 15.1. The van der Waals surface area contributed by atoms with Crippen LogP contribution < -0.4 is 10.5 Å². The van der Waals surface area contributed by atoms with Gasteiger partial charge in [0.15, 0.2) is 0 Å². The number of benzene rings is 2. The fourth-order valence-electron chi connectivity index (χ4n) is 3.34. The van der Waals surface area contributed by atoms with Gasteiger partial charge in [-0.15, -0.1) is 0 Å². The summed E-state index contributed by atoms with van der Waals surface area (Å²) in [7, 11) is 0. The van der Waals surface area contributed by atoms with Gasteiger partial charge in [-0.05, 0) is 49.2 Å². The van der Waals surface area contributed by atoms with Gasteiger partial charge in [0.05, 0.1) is 0 Å². The van der Waals surface area contributed by atoms with Crippen LogP contribution in [0.5, 0.6) is 0 Å². The number of hydrogen-bond donors (Lipinski definition) is 1. The van der Waals surface area contributed by atoms with Crippen LogP contribution >= 0.6 is 15.9 Å². The summed E-state index contributed by atoms with van der Waals surface area (Å²) in [5.41, 5.74) is 2.56. The SMILES string of the molecule is CC1Cc2ccccc2N1C(=O)c1cc2cc(Br)ccc2[nH]c1=O. The second-order valence-electron chi connectivity index (χ2n) is 6.10. The molecule has 0 aliphatic carbocycles. The summed E-state index contributed by atoms with van der Waals surface area (Å²) in [6, 6.07) is 15.1. The van der Waals surface area contributed by atoms with Crippen molar-refractivity contribution in [1.29, 1.82) is 0 Å². The molecule has 1 amide bonds. The molecule has 1 N–H and O–H groups in total. The van der Waals surface area contributed by atoms with E-state index in [4.69, 9.17) is 0 Å². The van der Waals surface area contributed by atoms with Crippen molar-refractivity contribution in [3.05, 3.63) is 74.5 Å². The van der Waals surface area contributed by atoms with Crippen molar-refractivity contribution >= 4 is 38.4 Å². The highest BCUT2D eigenvalue weighted by Crippen LogP contribution is 2.33. The number of aromatic nitrogens is 1. The number of aromatic amines is 1. The number of halogens is 1. The molecule has 1 aliphatic rings. The Balaban J connectivity index is 1.84. The van der Waals surface area contributed by atoms with Crippen LogP contribution in [0.4, 0.5) is 5.69 Å². The fourth-order valence-corrected chi connectivity index (χ4v) is 3.72. The van der Waals surface area contributed by atoms with Crippen molar-refractivity contribution in [3.63, 3.8) is 0 Å². The third-order valence-corrected chi connectivity index (χ3v) is 4.96. The van der Waals surface area contributed by atoms with Crippen molar-refractivity contribution in [1.82, 2.24) is 4.98 Å². The number of rotatable bonds is 1. The average Bonchev–Trinajstić information content (AvgIpc) is 2.89. The highest BCUT2D eigenvalue weighted by molar-refractivity contribution is 9.10. The standard InChI is InChI=1S/C19H15BrN2O2/c1-11-8-12-4-2-3-5-17(12)22(11)19(24)15-10-13-9-14(20)6-7-16(13)21-18(15)23/h2-7,9-11H,8H2,1H3,(H,21,23). The molecule has 3 aromatic rings. The number of anilines is 1. The van der Waals surface area contributed by atoms with E-state index in [-0.39, 0.29) is 23.1 Å². The van der Waals surface area contributed by atoms with Gasteiger partial charge in [-0.3, -0.25) is 9.59 Å². The molecule has 2 aromatic carbocycles.